The zero-order chi connectivity index (χ0) is 16.7. The van der Waals surface area contributed by atoms with Crippen molar-refractivity contribution in [1.82, 2.24) is 15.3 Å². The van der Waals surface area contributed by atoms with Gasteiger partial charge in [-0.1, -0.05) is 0 Å². The van der Waals surface area contributed by atoms with Crippen molar-refractivity contribution in [1.29, 1.82) is 0 Å². The van der Waals surface area contributed by atoms with E-state index in [4.69, 9.17) is 4.74 Å². The van der Waals surface area contributed by atoms with E-state index in [9.17, 15) is 9.50 Å². The van der Waals surface area contributed by atoms with Gasteiger partial charge in [-0.25, -0.2) is 9.37 Å². The molecule has 2 aromatic heterocycles. The molecule has 3 N–H and O–H groups in total. The van der Waals surface area contributed by atoms with Crippen LogP contribution in [0.3, 0.4) is 0 Å². The van der Waals surface area contributed by atoms with Crippen LogP contribution in [0.5, 0.6) is 5.75 Å². The average molecular weight is 327 g/mol. The van der Waals surface area contributed by atoms with Crippen LogP contribution in [-0.2, 0) is 5.60 Å². The van der Waals surface area contributed by atoms with E-state index in [1.165, 1.54) is 12.1 Å². The van der Waals surface area contributed by atoms with Crippen LogP contribution in [0.25, 0.3) is 22.2 Å². The minimum atomic E-state index is -0.927. The summed E-state index contributed by atoms with van der Waals surface area (Å²) in [7, 11) is 1.56. The van der Waals surface area contributed by atoms with E-state index < -0.39 is 5.60 Å². The Labute approximate surface area is 138 Å². The Morgan fingerprint density at radius 3 is 2.88 bits per heavy atom. The van der Waals surface area contributed by atoms with Crippen LogP contribution in [0.15, 0.2) is 36.5 Å². The summed E-state index contributed by atoms with van der Waals surface area (Å²) in [6, 6.07) is 8.16. The summed E-state index contributed by atoms with van der Waals surface area (Å²) in [6.45, 7) is 1.27. The topological polar surface area (TPSA) is 70.2 Å². The molecule has 5 nitrogen and oxygen atoms in total. The lowest BCUT2D eigenvalue weighted by molar-refractivity contribution is 0.0549. The van der Waals surface area contributed by atoms with Crippen molar-refractivity contribution in [2.75, 3.05) is 20.2 Å². The minimum absolute atomic E-state index is 0.329. The monoisotopic (exact) mass is 327 g/mol. The summed E-state index contributed by atoms with van der Waals surface area (Å²) < 4.78 is 19.1. The van der Waals surface area contributed by atoms with Crippen LogP contribution < -0.4 is 10.1 Å². The van der Waals surface area contributed by atoms with Gasteiger partial charge in [-0.3, -0.25) is 0 Å². The van der Waals surface area contributed by atoms with Gasteiger partial charge in [0.25, 0.3) is 0 Å². The fraction of sp³-hybridized carbons (Fsp3) is 0.278. The largest absolute Gasteiger partial charge is 0.496 e. The number of ether oxygens (including phenoxy) is 1. The highest BCUT2D eigenvalue weighted by Crippen LogP contribution is 2.37. The lowest BCUT2D eigenvalue weighted by Gasteiger charge is -2.19. The van der Waals surface area contributed by atoms with Crippen LogP contribution in [-0.4, -0.2) is 35.3 Å². The first-order chi connectivity index (χ1) is 11.6. The zero-order valence-electron chi connectivity index (χ0n) is 13.3. The number of hydrogen-bond donors (Lipinski definition) is 3. The maximum atomic E-state index is 13.8. The van der Waals surface area contributed by atoms with E-state index in [1.54, 1.807) is 19.4 Å². The molecule has 24 heavy (non-hydrogen) atoms. The first-order valence-electron chi connectivity index (χ1n) is 7.86. The molecule has 0 amide bonds. The molecule has 1 fully saturated rings. The maximum absolute atomic E-state index is 13.8. The number of fused-ring (bicyclic) bond motifs is 1. The Hall–Kier alpha value is -2.44. The normalized spacial score (nSPS) is 20.6. The van der Waals surface area contributed by atoms with Crippen molar-refractivity contribution in [3.05, 3.63) is 48.0 Å². The molecule has 0 spiro atoms. The standard InChI is InChI=1S/C18H18FN3O2/c1-24-15-3-2-11(19)8-13(15)12-4-6-21-17-14(12)9-16(22-17)18(23)5-7-20-10-18/h2-4,6,8-9,20,23H,5,7,10H2,1H3,(H,21,22)/t18-/m0/s1. The molecule has 1 saturated heterocycles. The third-order valence-electron chi connectivity index (χ3n) is 4.62. The minimum Gasteiger partial charge on any atom is -0.496 e. The van der Waals surface area contributed by atoms with Gasteiger partial charge in [-0.05, 0) is 48.9 Å². The molecule has 0 saturated carbocycles. The quantitative estimate of drug-likeness (QED) is 0.691. The zero-order valence-corrected chi connectivity index (χ0v) is 13.3. The lowest BCUT2D eigenvalue weighted by Crippen LogP contribution is -2.28. The summed E-state index contributed by atoms with van der Waals surface area (Å²) in [6.07, 6.45) is 2.30. The summed E-state index contributed by atoms with van der Waals surface area (Å²) in [4.78, 5) is 7.55. The number of hydrogen-bond acceptors (Lipinski definition) is 4. The van der Waals surface area contributed by atoms with E-state index in [0.29, 0.717) is 29.9 Å². The van der Waals surface area contributed by atoms with Crippen molar-refractivity contribution < 1.29 is 14.2 Å². The van der Waals surface area contributed by atoms with Gasteiger partial charge in [0.2, 0.25) is 0 Å². The number of benzene rings is 1. The number of H-pyrrole nitrogens is 1. The fourth-order valence-corrected chi connectivity index (χ4v) is 3.31. The fourth-order valence-electron chi connectivity index (χ4n) is 3.31. The number of halogens is 1. The molecule has 1 aromatic carbocycles. The van der Waals surface area contributed by atoms with E-state index in [1.807, 2.05) is 12.1 Å². The molecule has 1 aliphatic heterocycles. The predicted octanol–water partition coefficient (Wildman–Crippen LogP) is 2.56. The Morgan fingerprint density at radius 1 is 1.25 bits per heavy atom. The van der Waals surface area contributed by atoms with Crippen molar-refractivity contribution >= 4 is 11.0 Å². The van der Waals surface area contributed by atoms with Crippen LogP contribution >= 0.6 is 0 Å². The van der Waals surface area contributed by atoms with Gasteiger partial charge < -0.3 is 20.1 Å². The van der Waals surface area contributed by atoms with E-state index in [2.05, 4.69) is 15.3 Å². The second kappa shape index (κ2) is 5.58. The van der Waals surface area contributed by atoms with Crippen LogP contribution in [0.1, 0.15) is 12.1 Å². The highest BCUT2D eigenvalue weighted by atomic mass is 19.1. The van der Waals surface area contributed by atoms with E-state index >= 15 is 0 Å². The molecule has 3 aromatic rings. The number of aromatic nitrogens is 2. The smallest absolute Gasteiger partial charge is 0.138 e. The molecule has 0 bridgehead atoms. The number of aliphatic hydroxyl groups is 1. The van der Waals surface area contributed by atoms with Crippen LogP contribution in [0.4, 0.5) is 4.39 Å². The molecular weight excluding hydrogens is 309 g/mol. The summed E-state index contributed by atoms with van der Waals surface area (Å²) in [5.74, 6) is 0.262. The van der Waals surface area contributed by atoms with Crippen molar-refractivity contribution in [3.8, 4) is 16.9 Å². The predicted molar refractivity (Wildman–Crippen MR) is 89.4 cm³/mol. The molecule has 0 unspecified atom stereocenters. The molecular formula is C18H18FN3O2. The summed E-state index contributed by atoms with van der Waals surface area (Å²) in [5.41, 5.74) is 1.93. The molecule has 3 heterocycles. The number of β-amino-alcohol motifs (C(OH)–C–C–N with tert-alkyl or cyclic N) is 1. The lowest BCUT2D eigenvalue weighted by atomic mass is 9.97. The number of rotatable bonds is 3. The maximum Gasteiger partial charge on any atom is 0.138 e. The number of methoxy groups -OCH3 is 1. The van der Waals surface area contributed by atoms with Gasteiger partial charge >= 0.3 is 0 Å². The van der Waals surface area contributed by atoms with E-state index in [-0.39, 0.29) is 5.82 Å². The Kier molecular flexibility index (Phi) is 3.51. The molecule has 0 aliphatic carbocycles. The SMILES string of the molecule is COc1ccc(F)cc1-c1ccnc2[nH]c([C@]3(O)CCNC3)cc12. The molecule has 6 heteroatoms. The summed E-state index contributed by atoms with van der Waals surface area (Å²) >= 11 is 0. The number of nitrogens with zero attached hydrogens (tertiary/aromatic N) is 1. The average Bonchev–Trinajstić information content (AvgIpc) is 3.21. The second-order valence-corrected chi connectivity index (χ2v) is 6.11. The van der Waals surface area contributed by atoms with E-state index in [0.717, 1.165) is 23.2 Å². The molecule has 124 valence electrons. The van der Waals surface area contributed by atoms with Gasteiger partial charge in [0.1, 0.15) is 22.8 Å². The third kappa shape index (κ3) is 2.35. The molecule has 4 rings (SSSR count). The Balaban J connectivity index is 1.91. The molecule has 1 atom stereocenters. The molecule has 1 aliphatic rings. The number of nitrogens with one attached hydrogen (secondary N) is 2. The summed E-state index contributed by atoms with van der Waals surface area (Å²) in [5, 5.41) is 14.8. The van der Waals surface area contributed by atoms with Gasteiger partial charge in [-0.15, -0.1) is 0 Å². The van der Waals surface area contributed by atoms with Gasteiger partial charge in [0.05, 0.1) is 12.8 Å². The van der Waals surface area contributed by atoms with Crippen LogP contribution in [0, 0.1) is 5.82 Å². The van der Waals surface area contributed by atoms with Gasteiger partial charge in [-0.2, -0.15) is 0 Å². The first-order valence-corrected chi connectivity index (χ1v) is 7.86. The Morgan fingerprint density at radius 2 is 2.12 bits per heavy atom. The second-order valence-electron chi connectivity index (χ2n) is 6.11. The first kappa shape index (κ1) is 15.1. The van der Waals surface area contributed by atoms with Crippen molar-refractivity contribution in [3.63, 3.8) is 0 Å². The van der Waals surface area contributed by atoms with Crippen LogP contribution in [0.2, 0.25) is 0 Å². The molecule has 0 radical (unpaired) electrons. The van der Waals surface area contributed by atoms with Gasteiger partial charge in [0, 0.05) is 23.7 Å². The van der Waals surface area contributed by atoms with Gasteiger partial charge in [0.15, 0.2) is 0 Å². The highest BCUT2D eigenvalue weighted by molar-refractivity contribution is 5.95. The van der Waals surface area contributed by atoms with Crippen molar-refractivity contribution in [2.24, 2.45) is 0 Å². The third-order valence-corrected chi connectivity index (χ3v) is 4.62. The van der Waals surface area contributed by atoms with Crippen molar-refractivity contribution in [2.45, 2.75) is 12.0 Å². The number of pyridine rings is 1. The highest BCUT2D eigenvalue weighted by Gasteiger charge is 2.34. The Bertz CT molecular complexity index is 900. The number of aromatic amines is 1.